The zero-order chi connectivity index (χ0) is 9.47. The van der Waals surface area contributed by atoms with Crippen LogP contribution in [0.25, 0.3) is 0 Å². The Kier molecular flexibility index (Phi) is 1.64. The number of hydrogen-bond donors (Lipinski definition) is 0. The topological polar surface area (TPSA) is 57.9 Å². The zero-order valence-corrected chi connectivity index (χ0v) is 7.63. The number of nitriles is 1. The summed E-state index contributed by atoms with van der Waals surface area (Å²) in [5.74, 6) is 0.101. The average Bonchev–Trinajstić information content (AvgIpc) is 2.37. The number of sulfone groups is 1. The molecule has 13 heavy (non-hydrogen) atoms. The van der Waals surface area contributed by atoms with Crippen molar-refractivity contribution < 1.29 is 8.42 Å². The quantitative estimate of drug-likeness (QED) is 0.617. The predicted octanol–water partition coefficient (Wildman–Crippen LogP) is 0.987. The number of nitrogens with zero attached hydrogens (tertiary/aromatic N) is 1. The minimum Gasteiger partial charge on any atom is -0.228 e. The van der Waals surface area contributed by atoms with Gasteiger partial charge in [-0.1, -0.05) is 12.1 Å². The largest absolute Gasteiger partial charge is 0.228 e. The van der Waals surface area contributed by atoms with Crippen LogP contribution in [0.5, 0.6) is 0 Å². The maximum atomic E-state index is 11.2. The highest BCUT2D eigenvalue weighted by Gasteiger charge is 2.26. The van der Waals surface area contributed by atoms with E-state index in [4.69, 9.17) is 5.26 Å². The van der Waals surface area contributed by atoms with Crippen molar-refractivity contribution in [3.05, 3.63) is 34.9 Å². The molecule has 0 saturated heterocycles. The summed E-state index contributed by atoms with van der Waals surface area (Å²) < 4.78 is 22.5. The Balaban J connectivity index is 2.66. The highest BCUT2D eigenvalue weighted by Crippen LogP contribution is 2.27. The first-order valence-corrected chi connectivity index (χ1v) is 5.66. The standard InChI is InChI=1S/C9H7NO2S/c10-4-7-2-1-3-8-5-13(11,12)6-9(7)8/h1-3H,5-6H2. The lowest BCUT2D eigenvalue weighted by molar-refractivity contribution is 0.598. The fourth-order valence-corrected chi connectivity index (χ4v) is 3.18. The van der Waals surface area contributed by atoms with Crippen LogP contribution in [0.3, 0.4) is 0 Å². The van der Waals surface area contributed by atoms with Crippen molar-refractivity contribution in [2.24, 2.45) is 0 Å². The van der Waals surface area contributed by atoms with Crippen LogP contribution in [0.4, 0.5) is 0 Å². The van der Waals surface area contributed by atoms with E-state index in [2.05, 4.69) is 0 Å². The average molecular weight is 193 g/mol. The number of benzene rings is 1. The van der Waals surface area contributed by atoms with Crippen LogP contribution in [-0.2, 0) is 21.3 Å². The Morgan fingerprint density at radius 3 is 2.77 bits per heavy atom. The van der Waals surface area contributed by atoms with Crippen molar-refractivity contribution in [3.63, 3.8) is 0 Å². The maximum absolute atomic E-state index is 11.2. The van der Waals surface area contributed by atoms with Gasteiger partial charge in [0.25, 0.3) is 0 Å². The van der Waals surface area contributed by atoms with Gasteiger partial charge in [-0.2, -0.15) is 5.26 Å². The summed E-state index contributed by atoms with van der Waals surface area (Å²) in [6.07, 6.45) is 0. The Hall–Kier alpha value is -1.34. The molecule has 3 nitrogen and oxygen atoms in total. The molecule has 1 heterocycles. The van der Waals surface area contributed by atoms with Gasteiger partial charge < -0.3 is 0 Å². The van der Waals surface area contributed by atoms with E-state index in [0.29, 0.717) is 11.1 Å². The summed E-state index contributed by atoms with van der Waals surface area (Å²) in [7, 11) is -2.99. The minimum absolute atomic E-state index is 0.0199. The van der Waals surface area contributed by atoms with Gasteiger partial charge in [-0.3, -0.25) is 0 Å². The Labute approximate surface area is 76.5 Å². The van der Waals surface area contributed by atoms with Crippen LogP contribution in [-0.4, -0.2) is 8.42 Å². The van der Waals surface area contributed by atoms with Crippen LogP contribution in [0.15, 0.2) is 18.2 Å². The molecule has 0 atom stereocenters. The molecule has 0 unspecified atom stereocenters. The minimum atomic E-state index is -2.99. The molecule has 0 aliphatic carbocycles. The summed E-state index contributed by atoms with van der Waals surface area (Å²) in [6, 6.07) is 7.14. The van der Waals surface area contributed by atoms with Gasteiger partial charge in [0.2, 0.25) is 0 Å². The zero-order valence-electron chi connectivity index (χ0n) is 6.82. The van der Waals surface area contributed by atoms with Crippen molar-refractivity contribution in [2.75, 3.05) is 0 Å². The molecule has 1 aromatic carbocycles. The lowest BCUT2D eigenvalue weighted by Gasteiger charge is -1.96. The Bertz CT molecular complexity index is 497. The molecule has 4 heteroatoms. The highest BCUT2D eigenvalue weighted by molar-refractivity contribution is 7.90. The fraction of sp³-hybridized carbons (Fsp3) is 0.222. The van der Waals surface area contributed by atoms with Crippen molar-refractivity contribution in [2.45, 2.75) is 11.5 Å². The van der Waals surface area contributed by atoms with E-state index in [0.717, 1.165) is 5.56 Å². The highest BCUT2D eigenvalue weighted by atomic mass is 32.2. The molecule has 1 aliphatic heterocycles. The summed E-state index contributed by atoms with van der Waals surface area (Å²) in [6.45, 7) is 0. The summed E-state index contributed by atoms with van der Waals surface area (Å²) in [4.78, 5) is 0. The lowest BCUT2D eigenvalue weighted by atomic mass is 10.1. The second-order valence-corrected chi connectivity index (χ2v) is 5.15. The van der Waals surface area contributed by atoms with E-state index >= 15 is 0 Å². The van der Waals surface area contributed by atoms with Gasteiger partial charge in [-0.15, -0.1) is 0 Å². The third-order valence-electron chi connectivity index (χ3n) is 2.13. The van der Waals surface area contributed by atoms with Gasteiger partial charge >= 0.3 is 0 Å². The summed E-state index contributed by atoms with van der Waals surface area (Å²) in [5, 5.41) is 8.73. The molecule has 0 spiro atoms. The van der Waals surface area contributed by atoms with Crippen LogP contribution in [0.2, 0.25) is 0 Å². The van der Waals surface area contributed by atoms with Gasteiger partial charge in [-0.25, -0.2) is 8.42 Å². The first-order chi connectivity index (χ1) is 6.12. The summed E-state index contributed by atoms with van der Waals surface area (Å²) >= 11 is 0. The molecule has 0 bridgehead atoms. The molecule has 1 aliphatic rings. The molecule has 0 radical (unpaired) electrons. The van der Waals surface area contributed by atoms with E-state index in [-0.39, 0.29) is 11.5 Å². The number of hydrogen-bond acceptors (Lipinski definition) is 3. The molecule has 0 N–H and O–H groups in total. The second-order valence-electron chi connectivity index (χ2n) is 3.09. The Morgan fingerprint density at radius 2 is 2.08 bits per heavy atom. The molecular weight excluding hydrogens is 186 g/mol. The van der Waals surface area contributed by atoms with Crippen molar-refractivity contribution in [3.8, 4) is 6.07 Å². The maximum Gasteiger partial charge on any atom is 0.158 e. The van der Waals surface area contributed by atoms with E-state index in [1.807, 2.05) is 6.07 Å². The SMILES string of the molecule is N#Cc1cccc2c1CS(=O)(=O)C2. The van der Waals surface area contributed by atoms with Crippen molar-refractivity contribution in [1.82, 2.24) is 0 Å². The van der Waals surface area contributed by atoms with E-state index in [1.165, 1.54) is 0 Å². The Morgan fingerprint density at radius 1 is 1.31 bits per heavy atom. The van der Waals surface area contributed by atoms with Crippen molar-refractivity contribution in [1.29, 1.82) is 5.26 Å². The van der Waals surface area contributed by atoms with Gasteiger partial charge in [0.05, 0.1) is 23.1 Å². The molecule has 2 rings (SSSR count). The van der Waals surface area contributed by atoms with E-state index in [1.54, 1.807) is 18.2 Å². The van der Waals surface area contributed by atoms with Crippen LogP contribution in [0.1, 0.15) is 16.7 Å². The number of rotatable bonds is 0. The molecule has 0 saturated carbocycles. The van der Waals surface area contributed by atoms with Gasteiger partial charge in [-0.05, 0) is 17.2 Å². The third-order valence-corrected chi connectivity index (χ3v) is 3.61. The molecule has 0 amide bonds. The van der Waals surface area contributed by atoms with Crippen molar-refractivity contribution >= 4 is 9.84 Å². The number of fused-ring (bicyclic) bond motifs is 1. The first-order valence-electron chi connectivity index (χ1n) is 3.84. The van der Waals surface area contributed by atoms with Gasteiger partial charge in [0.15, 0.2) is 9.84 Å². The fourth-order valence-electron chi connectivity index (χ4n) is 1.55. The molecule has 1 aromatic rings. The monoisotopic (exact) mass is 193 g/mol. The molecule has 66 valence electrons. The predicted molar refractivity (Wildman–Crippen MR) is 47.5 cm³/mol. The molecular formula is C9H7NO2S. The van der Waals surface area contributed by atoms with E-state index < -0.39 is 9.84 Å². The lowest BCUT2D eigenvalue weighted by Crippen LogP contribution is -1.96. The molecule has 0 fully saturated rings. The first kappa shape index (κ1) is 8.27. The summed E-state index contributed by atoms with van der Waals surface area (Å²) in [5.41, 5.74) is 1.95. The second kappa shape index (κ2) is 2.57. The third kappa shape index (κ3) is 1.31. The smallest absolute Gasteiger partial charge is 0.158 e. The van der Waals surface area contributed by atoms with Gasteiger partial charge in [0.1, 0.15) is 0 Å². The van der Waals surface area contributed by atoms with E-state index in [9.17, 15) is 8.42 Å². The van der Waals surface area contributed by atoms with Crippen LogP contribution < -0.4 is 0 Å². The van der Waals surface area contributed by atoms with Crippen LogP contribution in [0, 0.1) is 11.3 Å². The van der Waals surface area contributed by atoms with Crippen LogP contribution >= 0.6 is 0 Å². The normalized spacial score (nSPS) is 17.8. The molecule has 0 aromatic heterocycles. The van der Waals surface area contributed by atoms with Gasteiger partial charge in [0, 0.05) is 0 Å².